The summed E-state index contributed by atoms with van der Waals surface area (Å²) in [6.45, 7) is 7.70. The number of nitrogens with one attached hydrogen (secondary N) is 2. The zero-order valence-corrected chi connectivity index (χ0v) is 21.7. The smallest absolute Gasteiger partial charge is 0.247 e. The van der Waals surface area contributed by atoms with Crippen LogP contribution in [0.25, 0.3) is 6.08 Å². The van der Waals surface area contributed by atoms with Gasteiger partial charge in [-0.2, -0.15) is 11.3 Å². The molecule has 0 saturated heterocycles. The van der Waals surface area contributed by atoms with Gasteiger partial charge in [0.05, 0.1) is 11.8 Å². The Bertz CT molecular complexity index is 1020. The summed E-state index contributed by atoms with van der Waals surface area (Å²) >= 11 is 1.43. The lowest BCUT2D eigenvalue weighted by Crippen LogP contribution is -2.53. The molecular weight excluding hydrogens is 462 g/mol. The van der Waals surface area contributed by atoms with Gasteiger partial charge < -0.3 is 0 Å². The van der Waals surface area contributed by atoms with Gasteiger partial charge in [0.15, 0.2) is 5.78 Å². The van der Waals surface area contributed by atoms with Gasteiger partial charge in [0.1, 0.15) is 5.41 Å². The number of allylic oxidation sites excluding steroid dienone is 1. The van der Waals surface area contributed by atoms with Crippen LogP contribution < -0.4 is 16.7 Å². The summed E-state index contributed by atoms with van der Waals surface area (Å²) in [7, 11) is 0. The molecule has 0 saturated carbocycles. The van der Waals surface area contributed by atoms with Gasteiger partial charge in [-0.3, -0.25) is 25.0 Å². The summed E-state index contributed by atoms with van der Waals surface area (Å²) < 4.78 is 0. The number of hydrazine groups is 1. The van der Waals surface area contributed by atoms with Crippen molar-refractivity contribution in [2.45, 2.75) is 59.3 Å². The fourth-order valence-electron chi connectivity index (χ4n) is 4.83. The lowest BCUT2D eigenvalue weighted by atomic mass is 9.64. The molecule has 5 N–H and O–H groups in total. The molecule has 0 aliphatic heterocycles. The molecule has 8 heteroatoms. The SMILES string of the molecule is CCCC(CC(C)C)(C(=O)NN)C(=O)[C@@H](c1cscc1C)[C@H](C/C=C/c1ccccc1)C(=O)NO. The number of carbonyl (C=O) groups excluding carboxylic acids is 3. The van der Waals surface area contributed by atoms with E-state index in [2.05, 4.69) is 5.43 Å². The van der Waals surface area contributed by atoms with Gasteiger partial charge in [0.25, 0.3) is 0 Å². The van der Waals surface area contributed by atoms with E-state index in [0.29, 0.717) is 24.8 Å². The minimum Gasteiger partial charge on any atom is -0.298 e. The number of aryl methyl sites for hydroxylation is 1. The third-order valence-electron chi connectivity index (χ3n) is 6.33. The Balaban J connectivity index is 2.63. The Morgan fingerprint density at radius 2 is 1.86 bits per heavy atom. The second-order valence-electron chi connectivity index (χ2n) is 9.39. The molecule has 3 atom stereocenters. The Hall–Kier alpha value is -2.81. The van der Waals surface area contributed by atoms with Gasteiger partial charge in [-0.05, 0) is 59.6 Å². The topological polar surface area (TPSA) is 122 Å². The van der Waals surface area contributed by atoms with Crippen molar-refractivity contribution in [2.75, 3.05) is 0 Å². The van der Waals surface area contributed by atoms with E-state index in [1.165, 1.54) is 11.3 Å². The largest absolute Gasteiger partial charge is 0.298 e. The van der Waals surface area contributed by atoms with Crippen LogP contribution in [0.15, 0.2) is 47.2 Å². The fourth-order valence-corrected chi connectivity index (χ4v) is 5.71. The average molecular weight is 500 g/mol. The van der Waals surface area contributed by atoms with E-state index in [0.717, 1.165) is 11.1 Å². The Kier molecular flexibility index (Phi) is 10.8. The van der Waals surface area contributed by atoms with Crippen LogP contribution in [0.4, 0.5) is 0 Å². The van der Waals surface area contributed by atoms with Crippen LogP contribution >= 0.6 is 11.3 Å². The molecule has 2 amide bonds. The highest BCUT2D eigenvalue weighted by Crippen LogP contribution is 2.43. The van der Waals surface area contributed by atoms with Crippen molar-refractivity contribution in [3.8, 4) is 0 Å². The predicted molar refractivity (Wildman–Crippen MR) is 139 cm³/mol. The quantitative estimate of drug-likeness (QED) is 0.104. The van der Waals surface area contributed by atoms with E-state index in [1.807, 2.05) is 80.9 Å². The summed E-state index contributed by atoms with van der Waals surface area (Å²) in [6.07, 6.45) is 5.09. The zero-order chi connectivity index (χ0) is 26.0. The van der Waals surface area contributed by atoms with Crippen molar-refractivity contribution in [3.63, 3.8) is 0 Å². The third-order valence-corrected chi connectivity index (χ3v) is 7.21. The lowest BCUT2D eigenvalue weighted by Gasteiger charge is -2.37. The van der Waals surface area contributed by atoms with E-state index in [9.17, 15) is 19.6 Å². The minimum absolute atomic E-state index is 0.0371. The van der Waals surface area contributed by atoms with Gasteiger partial charge in [0.2, 0.25) is 11.8 Å². The summed E-state index contributed by atoms with van der Waals surface area (Å²) in [5.41, 5.74) is 5.08. The Labute approximate surface area is 211 Å². The van der Waals surface area contributed by atoms with E-state index in [1.54, 1.807) is 5.48 Å². The maximum atomic E-state index is 14.4. The van der Waals surface area contributed by atoms with Crippen molar-refractivity contribution in [1.82, 2.24) is 10.9 Å². The van der Waals surface area contributed by atoms with Crippen LogP contribution in [0.1, 0.15) is 69.1 Å². The maximum Gasteiger partial charge on any atom is 0.247 e. The van der Waals surface area contributed by atoms with Crippen LogP contribution in [-0.4, -0.2) is 22.8 Å². The number of ketones is 1. The Morgan fingerprint density at radius 1 is 1.17 bits per heavy atom. The van der Waals surface area contributed by atoms with Crippen LogP contribution in [0.3, 0.4) is 0 Å². The molecule has 1 heterocycles. The lowest BCUT2D eigenvalue weighted by molar-refractivity contribution is -0.148. The number of carbonyl (C=O) groups is 3. The molecule has 1 aromatic carbocycles. The van der Waals surface area contributed by atoms with E-state index >= 15 is 0 Å². The highest BCUT2D eigenvalue weighted by Gasteiger charge is 2.51. The molecule has 35 heavy (non-hydrogen) atoms. The molecule has 2 rings (SSSR count). The first-order valence-electron chi connectivity index (χ1n) is 11.9. The van der Waals surface area contributed by atoms with Gasteiger partial charge in [0, 0.05) is 0 Å². The molecule has 2 aromatic rings. The monoisotopic (exact) mass is 499 g/mol. The fraction of sp³-hybridized carbons (Fsp3) is 0.444. The van der Waals surface area contributed by atoms with Gasteiger partial charge in [-0.25, -0.2) is 11.3 Å². The molecule has 0 aliphatic rings. The van der Waals surface area contributed by atoms with Crippen molar-refractivity contribution < 1.29 is 19.6 Å². The number of amides is 2. The molecule has 0 bridgehead atoms. The number of thiophene rings is 1. The van der Waals surface area contributed by atoms with E-state index in [4.69, 9.17) is 5.84 Å². The molecule has 7 nitrogen and oxygen atoms in total. The van der Waals surface area contributed by atoms with Crippen LogP contribution in [0.5, 0.6) is 0 Å². The molecule has 0 radical (unpaired) electrons. The first kappa shape index (κ1) is 28.4. The van der Waals surface area contributed by atoms with Crippen LogP contribution in [0.2, 0.25) is 0 Å². The first-order chi connectivity index (χ1) is 16.7. The number of Topliss-reactive ketones (excluding diaryl/α,β-unsaturated/α-hetero) is 1. The summed E-state index contributed by atoms with van der Waals surface area (Å²) in [6, 6.07) is 9.61. The van der Waals surface area contributed by atoms with Gasteiger partial charge in [-0.15, -0.1) is 0 Å². The molecule has 0 spiro atoms. The highest BCUT2D eigenvalue weighted by atomic mass is 32.1. The molecule has 1 aromatic heterocycles. The van der Waals surface area contributed by atoms with Crippen molar-refractivity contribution in [1.29, 1.82) is 0 Å². The number of hydroxylamine groups is 1. The van der Waals surface area contributed by atoms with Crippen molar-refractivity contribution in [2.24, 2.45) is 23.1 Å². The minimum atomic E-state index is -1.39. The van der Waals surface area contributed by atoms with Gasteiger partial charge >= 0.3 is 0 Å². The maximum absolute atomic E-state index is 14.4. The second-order valence-corrected chi connectivity index (χ2v) is 10.1. The second kappa shape index (κ2) is 13.3. The number of nitrogens with two attached hydrogens (primary N) is 1. The van der Waals surface area contributed by atoms with Crippen LogP contribution in [-0.2, 0) is 14.4 Å². The molecular formula is C27H37N3O4S. The van der Waals surface area contributed by atoms with Crippen LogP contribution in [0, 0.1) is 24.2 Å². The summed E-state index contributed by atoms with van der Waals surface area (Å²) in [5.74, 6) is 2.20. The standard InChI is InChI=1S/C27H37N3O4S/c1-5-14-27(15-18(2)3,26(33)29-28)24(31)23(22-17-35-16-19(22)4)21(25(32)30-34)13-9-12-20-10-7-6-8-11-20/h6-12,16-18,21,23,34H,5,13-15,28H2,1-4H3,(H,29,33)(H,30,32)/b12-9+/t21-,23+,27?/m0/s1. The normalized spacial score (nSPS) is 14.9. The third kappa shape index (κ3) is 6.87. The zero-order valence-electron chi connectivity index (χ0n) is 20.9. The average Bonchev–Trinajstić information content (AvgIpc) is 3.27. The number of hydrogen-bond acceptors (Lipinski definition) is 6. The molecule has 0 aliphatic carbocycles. The highest BCUT2D eigenvalue weighted by molar-refractivity contribution is 7.08. The van der Waals surface area contributed by atoms with E-state index in [-0.39, 0.29) is 18.1 Å². The van der Waals surface area contributed by atoms with Crippen molar-refractivity contribution >= 4 is 35.0 Å². The number of rotatable bonds is 13. The molecule has 0 fully saturated rings. The molecule has 190 valence electrons. The Morgan fingerprint density at radius 3 is 2.37 bits per heavy atom. The van der Waals surface area contributed by atoms with Gasteiger partial charge in [-0.1, -0.05) is 69.7 Å². The summed E-state index contributed by atoms with van der Waals surface area (Å²) in [5, 5.41) is 13.4. The first-order valence-corrected chi connectivity index (χ1v) is 12.9. The number of benzene rings is 1. The van der Waals surface area contributed by atoms with E-state index < -0.39 is 29.1 Å². The summed E-state index contributed by atoms with van der Waals surface area (Å²) in [4.78, 5) is 40.6. The molecule has 1 unspecified atom stereocenters. The number of hydrogen-bond donors (Lipinski definition) is 4. The van der Waals surface area contributed by atoms with Crippen molar-refractivity contribution in [3.05, 3.63) is 63.9 Å². The predicted octanol–water partition coefficient (Wildman–Crippen LogP) is 4.76.